The fraction of sp³-hybridized carbons (Fsp3) is 0.367. The SMILES string of the molecule is CCN1CCN(Cc2ccc(NC(=O)N3CCc4ccc(Oc5ccnc6nc[nH]c56)cc4C3)cc2C(F)(F)F)CC1. The number of nitrogens with zero attached hydrogens (tertiary/aromatic N) is 5. The van der Waals surface area contributed by atoms with Crippen molar-refractivity contribution in [3.8, 4) is 11.5 Å². The van der Waals surface area contributed by atoms with Crippen molar-refractivity contribution >= 4 is 22.9 Å². The summed E-state index contributed by atoms with van der Waals surface area (Å²) in [6.45, 7) is 7.14. The molecule has 0 spiro atoms. The quantitative estimate of drug-likeness (QED) is 0.314. The molecular weight excluding hydrogens is 547 g/mol. The van der Waals surface area contributed by atoms with Crippen LogP contribution in [0.3, 0.4) is 0 Å². The first-order valence-corrected chi connectivity index (χ1v) is 14.1. The summed E-state index contributed by atoms with van der Waals surface area (Å²) in [6.07, 6.45) is -0.736. The van der Waals surface area contributed by atoms with Crippen molar-refractivity contribution in [1.82, 2.24) is 29.7 Å². The number of carbonyl (C=O) groups is 1. The molecule has 4 heterocycles. The van der Waals surface area contributed by atoms with Crippen molar-refractivity contribution in [2.24, 2.45) is 0 Å². The Morgan fingerprint density at radius 2 is 1.81 bits per heavy atom. The van der Waals surface area contributed by atoms with Gasteiger partial charge in [-0.3, -0.25) is 4.90 Å². The van der Waals surface area contributed by atoms with Gasteiger partial charge in [-0.25, -0.2) is 14.8 Å². The molecule has 0 unspecified atom stereocenters. The molecule has 9 nitrogen and oxygen atoms in total. The Balaban J connectivity index is 1.13. The zero-order chi connectivity index (χ0) is 29.3. The van der Waals surface area contributed by atoms with Gasteiger partial charge in [0.25, 0.3) is 0 Å². The first kappa shape index (κ1) is 28.0. The molecule has 2 N–H and O–H groups in total. The Labute approximate surface area is 241 Å². The predicted octanol–water partition coefficient (Wildman–Crippen LogP) is 5.50. The standard InChI is InChI=1S/C30H32F3N7O2/c1-2-38-11-13-39(14-12-38)17-21-3-5-23(16-25(21)30(31,32)33)37-29(41)40-10-8-20-4-6-24(15-22(20)18-40)42-26-7-9-34-28-27(26)35-19-36-28/h3-7,9,15-16,19H,2,8,10-14,17-18H2,1H3,(H,37,41)(H,34,35,36). The van der Waals surface area contributed by atoms with E-state index >= 15 is 0 Å². The number of rotatable bonds is 6. The molecule has 2 aromatic carbocycles. The van der Waals surface area contributed by atoms with Crippen LogP contribution >= 0.6 is 0 Å². The Kier molecular flexibility index (Phi) is 7.74. The van der Waals surface area contributed by atoms with Gasteiger partial charge in [0.2, 0.25) is 0 Å². The third-order valence-corrected chi connectivity index (χ3v) is 7.97. The first-order chi connectivity index (χ1) is 20.3. The molecule has 0 aliphatic carbocycles. The van der Waals surface area contributed by atoms with Crippen LogP contribution < -0.4 is 10.1 Å². The van der Waals surface area contributed by atoms with Crippen LogP contribution in [0.2, 0.25) is 0 Å². The molecule has 0 bridgehead atoms. The van der Waals surface area contributed by atoms with E-state index in [-0.39, 0.29) is 17.8 Å². The van der Waals surface area contributed by atoms with E-state index in [1.54, 1.807) is 29.6 Å². The second kappa shape index (κ2) is 11.6. The van der Waals surface area contributed by atoms with Gasteiger partial charge in [-0.1, -0.05) is 19.1 Å². The van der Waals surface area contributed by atoms with E-state index in [0.29, 0.717) is 42.2 Å². The highest BCUT2D eigenvalue weighted by atomic mass is 19.4. The minimum atomic E-state index is -4.53. The minimum absolute atomic E-state index is 0.121. The van der Waals surface area contributed by atoms with Gasteiger partial charge in [0.1, 0.15) is 11.3 Å². The number of urea groups is 1. The van der Waals surface area contributed by atoms with Crippen LogP contribution in [0, 0.1) is 0 Å². The van der Waals surface area contributed by atoms with Gasteiger partial charge in [0, 0.05) is 63.8 Å². The summed E-state index contributed by atoms with van der Waals surface area (Å²) in [7, 11) is 0. The van der Waals surface area contributed by atoms with Crippen LogP contribution in [0.25, 0.3) is 11.2 Å². The maximum atomic E-state index is 14.0. The summed E-state index contributed by atoms with van der Waals surface area (Å²) < 4.78 is 48.2. The number of piperazine rings is 1. The summed E-state index contributed by atoms with van der Waals surface area (Å²) in [6, 6.07) is 11.1. The summed E-state index contributed by atoms with van der Waals surface area (Å²) in [5, 5.41) is 2.69. The van der Waals surface area contributed by atoms with Gasteiger partial charge in [0.05, 0.1) is 11.9 Å². The predicted molar refractivity (Wildman–Crippen MR) is 152 cm³/mol. The number of fused-ring (bicyclic) bond motifs is 2. The Bertz CT molecular complexity index is 1580. The molecule has 0 atom stereocenters. The highest BCUT2D eigenvalue weighted by Gasteiger charge is 2.34. The third kappa shape index (κ3) is 6.04. The highest BCUT2D eigenvalue weighted by molar-refractivity contribution is 5.89. The zero-order valence-electron chi connectivity index (χ0n) is 23.2. The molecule has 1 saturated heterocycles. The van der Waals surface area contributed by atoms with Crippen molar-refractivity contribution < 1.29 is 22.7 Å². The van der Waals surface area contributed by atoms with E-state index < -0.39 is 17.8 Å². The number of hydrogen-bond donors (Lipinski definition) is 2. The number of pyridine rings is 1. The number of alkyl halides is 3. The lowest BCUT2D eigenvalue weighted by atomic mass is 9.99. The van der Waals surface area contributed by atoms with Crippen LogP contribution in [0.4, 0.5) is 23.7 Å². The summed E-state index contributed by atoms with van der Waals surface area (Å²) in [4.78, 5) is 30.5. The molecule has 2 aromatic heterocycles. The second-order valence-electron chi connectivity index (χ2n) is 10.6. The van der Waals surface area contributed by atoms with Gasteiger partial charge in [0.15, 0.2) is 11.4 Å². The maximum absolute atomic E-state index is 14.0. The van der Waals surface area contributed by atoms with Crippen molar-refractivity contribution in [2.75, 3.05) is 44.6 Å². The van der Waals surface area contributed by atoms with E-state index in [1.165, 1.54) is 6.07 Å². The van der Waals surface area contributed by atoms with E-state index in [2.05, 4.69) is 32.1 Å². The third-order valence-electron chi connectivity index (χ3n) is 7.97. The lowest BCUT2D eigenvalue weighted by Crippen LogP contribution is -2.45. The van der Waals surface area contributed by atoms with Crippen LogP contribution in [0.1, 0.15) is 29.2 Å². The number of hydrogen-bond acceptors (Lipinski definition) is 6. The Morgan fingerprint density at radius 1 is 1.00 bits per heavy atom. The molecule has 2 amide bonds. The van der Waals surface area contributed by atoms with Crippen LogP contribution in [-0.2, 0) is 25.7 Å². The molecule has 220 valence electrons. The van der Waals surface area contributed by atoms with Crippen LogP contribution in [0.15, 0.2) is 55.0 Å². The second-order valence-corrected chi connectivity index (χ2v) is 10.6. The molecule has 4 aromatic rings. The summed E-state index contributed by atoms with van der Waals surface area (Å²) in [5.41, 5.74) is 2.85. The van der Waals surface area contributed by atoms with Gasteiger partial charge >= 0.3 is 12.2 Å². The molecule has 0 radical (unpaired) electrons. The topological polar surface area (TPSA) is 89.6 Å². The number of benzene rings is 2. The number of imidazole rings is 1. The largest absolute Gasteiger partial charge is 0.455 e. The number of nitrogens with one attached hydrogen (secondary N) is 2. The number of amides is 2. The van der Waals surface area contributed by atoms with Gasteiger partial charge in [-0.15, -0.1) is 0 Å². The minimum Gasteiger partial charge on any atom is -0.455 e. The first-order valence-electron chi connectivity index (χ1n) is 14.1. The van der Waals surface area contributed by atoms with E-state index in [0.717, 1.165) is 49.9 Å². The van der Waals surface area contributed by atoms with Crippen molar-refractivity contribution in [3.05, 3.63) is 77.2 Å². The number of aromatic amines is 1. The fourth-order valence-corrected chi connectivity index (χ4v) is 5.57. The summed E-state index contributed by atoms with van der Waals surface area (Å²) >= 11 is 0. The van der Waals surface area contributed by atoms with Crippen LogP contribution in [-0.4, -0.2) is 75.0 Å². The van der Waals surface area contributed by atoms with Crippen LogP contribution in [0.5, 0.6) is 11.5 Å². The van der Waals surface area contributed by atoms with E-state index in [9.17, 15) is 18.0 Å². The maximum Gasteiger partial charge on any atom is 0.416 e. The number of H-pyrrole nitrogens is 1. The number of ether oxygens (including phenoxy) is 1. The molecule has 0 saturated carbocycles. The Hall–Kier alpha value is -4.16. The number of aromatic nitrogens is 3. The average molecular weight is 580 g/mol. The van der Waals surface area contributed by atoms with E-state index in [4.69, 9.17) is 4.74 Å². The molecule has 2 aliphatic heterocycles. The smallest absolute Gasteiger partial charge is 0.416 e. The number of anilines is 1. The zero-order valence-corrected chi connectivity index (χ0v) is 23.2. The van der Waals surface area contributed by atoms with Crippen molar-refractivity contribution in [3.63, 3.8) is 0 Å². The average Bonchev–Trinajstić information content (AvgIpc) is 3.47. The van der Waals surface area contributed by atoms with E-state index in [1.807, 2.05) is 23.1 Å². The van der Waals surface area contributed by atoms with Gasteiger partial charge < -0.3 is 24.8 Å². The molecule has 1 fully saturated rings. The molecular formula is C30H32F3N7O2. The molecule has 42 heavy (non-hydrogen) atoms. The lowest BCUT2D eigenvalue weighted by Gasteiger charge is -2.34. The number of likely N-dealkylation sites (N-methyl/N-ethyl adjacent to an activating group) is 1. The summed E-state index contributed by atoms with van der Waals surface area (Å²) in [5.74, 6) is 1.18. The van der Waals surface area contributed by atoms with Gasteiger partial charge in [-0.2, -0.15) is 13.2 Å². The highest BCUT2D eigenvalue weighted by Crippen LogP contribution is 2.35. The molecule has 12 heteroatoms. The molecule has 2 aliphatic rings. The number of halogens is 3. The monoisotopic (exact) mass is 579 g/mol. The number of carbonyl (C=O) groups excluding carboxylic acids is 1. The fourth-order valence-electron chi connectivity index (χ4n) is 5.57. The van der Waals surface area contributed by atoms with Crippen molar-refractivity contribution in [2.45, 2.75) is 32.6 Å². The molecule has 6 rings (SSSR count). The normalized spacial score (nSPS) is 16.4. The van der Waals surface area contributed by atoms with Gasteiger partial charge in [-0.05, 0) is 53.9 Å². The van der Waals surface area contributed by atoms with Crippen molar-refractivity contribution in [1.29, 1.82) is 0 Å². The lowest BCUT2D eigenvalue weighted by molar-refractivity contribution is -0.138. The Morgan fingerprint density at radius 3 is 2.60 bits per heavy atom.